The van der Waals surface area contributed by atoms with Gasteiger partial charge < -0.3 is 4.57 Å². The Bertz CT molecular complexity index is 1220. The zero-order chi connectivity index (χ0) is 20.6. The summed E-state index contributed by atoms with van der Waals surface area (Å²) in [5.74, 6) is -0.336. The van der Waals surface area contributed by atoms with Gasteiger partial charge in [0.1, 0.15) is 0 Å². The van der Waals surface area contributed by atoms with E-state index in [0.29, 0.717) is 5.69 Å². The molecule has 2 N–H and O–H groups in total. The van der Waals surface area contributed by atoms with Gasteiger partial charge in [0, 0.05) is 39.5 Å². The topological polar surface area (TPSA) is 75.1 Å². The number of carbonyl (C=O) groups excluding carboxylic acids is 1. The number of nitrogens with one attached hydrogen (secondary N) is 2. The normalized spacial score (nSPS) is 12.3. The molecule has 0 atom stereocenters. The predicted molar refractivity (Wildman–Crippen MR) is 117 cm³/mol. The Kier molecular flexibility index (Phi) is 4.70. The number of aryl methyl sites for hydroxylation is 1. The second kappa shape index (κ2) is 7.20. The van der Waals surface area contributed by atoms with Crippen molar-refractivity contribution in [2.75, 3.05) is 0 Å². The van der Waals surface area contributed by atoms with E-state index in [2.05, 4.69) is 89.4 Å². The molecule has 0 bridgehead atoms. The number of rotatable bonds is 4. The van der Waals surface area contributed by atoms with Gasteiger partial charge in [-0.25, -0.2) is 5.43 Å². The number of aromatic amines is 1. The van der Waals surface area contributed by atoms with E-state index >= 15 is 0 Å². The summed E-state index contributed by atoms with van der Waals surface area (Å²) in [7, 11) is 0. The highest BCUT2D eigenvalue weighted by atomic mass is 16.2. The number of aromatic nitrogens is 3. The fraction of sp³-hybridized carbons (Fsp3) is 0.261. The zero-order valence-corrected chi connectivity index (χ0v) is 17.2. The minimum atomic E-state index is -0.336. The highest BCUT2D eigenvalue weighted by molar-refractivity contribution is 6.09. The zero-order valence-electron chi connectivity index (χ0n) is 17.2. The lowest BCUT2D eigenvalue weighted by molar-refractivity contribution is 0.0950. The Labute approximate surface area is 169 Å². The second-order valence-electron chi connectivity index (χ2n) is 8.15. The van der Waals surface area contributed by atoms with E-state index in [1.54, 1.807) is 12.3 Å². The fourth-order valence-electron chi connectivity index (χ4n) is 3.54. The maximum absolute atomic E-state index is 12.3. The number of hydrogen-bond acceptors (Lipinski definition) is 3. The molecule has 6 heteroatoms. The lowest BCUT2D eigenvalue weighted by atomic mass is 9.92. The van der Waals surface area contributed by atoms with E-state index in [1.165, 1.54) is 21.8 Å². The van der Waals surface area contributed by atoms with Gasteiger partial charge in [0.25, 0.3) is 5.91 Å². The van der Waals surface area contributed by atoms with Crippen LogP contribution in [0.2, 0.25) is 0 Å². The summed E-state index contributed by atoms with van der Waals surface area (Å²) in [4.78, 5) is 12.3. The largest absolute Gasteiger partial charge is 0.341 e. The summed E-state index contributed by atoms with van der Waals surface area (Å²) < 4.78 is 2.30. The number of H-pyrrole nitrogens is 1. The van der Waals surface area contributed by atoms with Crippen LogP contribution in [-0.2, 0) is 12.0 Å². The maximum atomic E-state index is 12.3. The summed E-state index contributed by atoms with van der Waals surface area (Å²) in [5, 5.41) is 13.5. The summed E-state index contributed by atoms with van der Waals surface area (Å²) >= 11 is 0. The molecule has 0 aliphatic rings. The van der Waals surface area contributed by atoms with Crippen molar-refractivity contribution in [1.82, 2.24) is 20.2 Å². The molecule has 4 rings (SSSR count). The van der Waals surface area contributed by atoms with Gasteiger partial charge >= 0.3 is 0 Å². The molecule has 29 heavy (non-hydrogen) atoms. The van der Waals surface area contributed by atoms with Crippen molar-refractivity contribution in [1.29, 1.82) is 0 Å². The lowest BCUT2D eigenvalue weighted by Gasteiger charge is -2.14. The average Bonchev–Trinajstić information content (AvgIpc) is 3.31. The van der Waals surface area contributed by atoms with E-state index in [1.807, 2.05) is 6.07 Å². The van der Waals surface area contributed by atoms with Crippen LogP contribution < -0.4 is 5.43 Å². The van der Waals surface area contributed by atoms with Gasteiger partial charge in [-0.1, -0.05) is 45.0 Å². The summed E-state index contributed by atoms with van der Waals surface area (Å²) in [6.07, 6.45) is 1.66. The number of benzene rings is 2. The van der Waals surface area contributed by atoms with Crippen LogP contribution >= 0.6 is 0 Å². The molecule has 2 aromatic heterocycles. The highest BCUT2D eigenvalue weighted by Crippen LogP contribution is 2.29. The first-order chi connectivity index (χ1) is 13.9. The third kappa shape index (κ3) is 3.53. The molecule has 1 amide bonds. The van der Waals surface area contributed by atoms with E-state index in [4.69, 9.17) is 0 Å². The van der Waals surface area contributed by atoms with E-state index in [-0.39, 0.29) is 11.3 Å². The maximum Gasteiger partial charge on any atom is 0.291 e. The smallest absolute Gasteiger partial charge is 0.291 e. The Morgan fingerprint density at radius 2 is 1.90 bits per heavy atom. The van der Waals surface area contributed by atoms with Gasteiger partial charge in [-0.15, -0.1) is 0 Å². The molecule has 0 radical (unpaired) electrons. The number of hydrogen-bond donors (Lipinski definition) is 2. The molecular formula is C23H25N5O. The molecule has 0 saturated heterocycles. The number of fused-ring (bicyclic) bond motifs is 3. The van der Waals surface area contributed by atoms with Crippen molar-refractivity contribution in [3.63, 3.8) is 0 Å². The third-order valence-corrected chi connectivity index (χ3v) is 5.11. The molecule has 0 aliphatic heterocycles. The number of amides is 1. The van der Waals surface area contributed by atoms with Gasteiger partial charge in [0.15, 0.2) is 5.69 Å². The predicted octanol–water partition coefficient (Wildman–Crippen LogP) is 4.60. The van der Waals surface area contributed by atoms with E-state index < -0.39 is 0 Å². The molecule has 148 valence electrons. The molecule has 2 aromatic carbocycles. The molecule has 0 unspecified atom stereocenters. The average molecular weight is 387 g/mol. The molecule has 0 aliphatic carbocycles. The minimum Gasteiger partial charge on any atom is -0.341 e. The fourth-order valence-corrected chi connectivity index (χ4v) is 3.54. The van der Waals surface area contributed by atoms with Gasteiger partial charge in [0.05, 0.1) is 6.21 Å². The number of para-hydroxylation sites is 1. The molecule has 4 aromatic rings. The minimum absolute atomic E-state index is 0.0954. The van der Waals surface area contributed by atoms with Gasteiger partial charge in [-0.3, -0.25) is 9.89 Å². The van der Waals surface area contributed by atoms with Crippen LogP contribution in [0.3, 0.4) is 0 Å². The monoisotopic (exact) mass is 387 g/mol. The first-order valence-corrected chi connectivity index (χ1v) is 9.79. The van der Waals surface area contributed by atoms with Crippen molar-refractivity contribution in [2.24, 2.45) is 5.10 Å². The molecular weight excluding hydrogens is 362 g/mol. The number of hydrazone groups is 1. The van der Waals surface area contributed by atoms with Gasteiger partial charge in [-0.05, 0) is 36.8 Å². The van der Waals surface area contributed by atoms with Crippen molar-refractivity contribution < 1.29 is 4.79 Å². The van der Waals surface area contributed by atoms with Crippen LogP contribution in [0.5, 0.6) is 0 Å². The van der Waals surface area contributed by atoms with Crippen LogP contribution in [0.15, 0.2) is 53.6 Å². The Morgan fingerprint density at radius 3 is 2.62 bits per heavy atom. The quantitative estimate of drug-likeness (QED) is 0.397. The van der Waals surface area contributed by atoms with E-state index in [0.717, 1.165) is 17.8 Å². The Hall–Kier alpha value is -3.41. The Morgan fingerprint density at radius 1 is 1.14 bits per heavy atom. The van der Waals surface area contributed by atoms with Crippen LogP contribution in [0.25, 0.3) is 21.8 Å². The molecule has 0 saturated carbocycles. The Balaban J connectivity index is 1.56. The lowest BCUT2D eigenvalue weighted by Crippen LogP contribution is -2.18. The summed E-state index contributed by atoms with van der Waals surface area (Å²) in [6.45, 7) is 9.24. The molecule has 2 heterocycles. The van der Waals surface area contributed by atoms with Crippen molar-refractivity contribution in [2.45, 2.75) is 39.7 Å². The third-order valence-electron chi connectivity index (χ3n) is 5.11. The SMILES string of the molecule is CCn1c2ccccc2c2cc(C=NNC(=O)c3cc(C(C)(C)C)[nH]n3)ccc21. The highest BCUT2D eigenvalue weighted by Gasteiger charge is 2.19. The molecule has 6 nitrogen and oxygen atoms in total. The van der Waals surface area contributed by atoms with Gasteiger partial charge in [0.2, 0.25) is 0 Å². The van der Waals surface area contributed by atoms with Crippen LogP contribution in [0.1, 0.15) is 49.4 Å². The van der Waals surface area contributed by atoms with Crippen LogP contribution in [0.4, 0.5) is 0 Å². The van der Waals surface area contributed by atoms with E-state index in [9.17, 15) is 4.79 Å². The van der Waals surface area contributed by atoms with Crippen LogP contribution in [0, 0.1) is 0 Å². The van der Waals surface area contributed by atoms with Crippen molar-refractivity contribution in [3.8, 4) is 0 Å². The van der Waals surface area contributed by atoms with Crippen molar-refractivity contribution in [3.05, 3.63) is 65.5 Å². The number of carbonyl (C=O) groups is 1. The summed E-state index contributed by atoms with van der Waals surface area (Å²) in [5.41, 5.74) is 7.04. The van der Waals surface area contributed by atoms with Crippen LogP contribution in [-0.4, -0.2) is 26.9 Å². The van der Waals surface area contributed by atoms with Crippen molar-refractivity contribution >= 4 is 33.9 Å². The number of nitrogens with zero attached hydrogens (tertiary/aromatic N) is 3. The molecule has 0 fully saturated rings. The molecule has 0 spiro atoms. The first-order valence-electron chi connectivity index (χ1n) is 9.79. The summed E-state index contributed by atoms with van der Waals surface area (Å²) in [6, 6.07) is 16.4. The standard InChI is InChI=1S/C23H25N5O/c1-5-28-19-9-7-6-8-16(19)17-12-15(10-11-20(17)28)14-24-27-22(29)18-13-21(26-25-18)23(2,3)4/h6-14H,5H2,1-4H3,(H,25,26)(H,27,29). The van der Waals surface area contributed by atoms with Gasteiger partial charge in [-0.2, -0.15) is 10.2 Å². The second-order valence-corrected chi connectivity index (χ2v) is 8.15. The first kappa shape index (κ1) is 18.9.